The number of hydrogen-bond donors (Lipinski definition) is 18. The lowest BCUT2D eigenvalue weighted by molar-refractivity contribution is -0.141. The first-order valence-corrected chi connectivity index (χ1v) is 17.2. The number of anilines is 1. The van der Waals surface area contributed by atoms with Crippen LogP contribution in [-0.2, 0) is 47.9 Å². The predicted molar refractivity (Wildman–Crippen MR) is 208 cm³/mol. The molecule has 32 nitrogen and oxygen atoms in total. The minimum absolute atomic E-state index is 0.0231. The average Bonchev–Trinajstić information content (AvgIpc) is 3.19. The summed E-state index contributed by atoms with van der Waals surface area (Å²) in [5, 5.41) is 81.4. The fourth-order valence-corrected chi connectivity index (χ4v) is 2.95. The highest BCUT2D eigenvalue weighted by molar-refractivity contribution is 5.77. The van der Waals surface area contributed by atoms with Gasteiger partial charge in [0.1, 0.15) is 30.2 Å². The maximum atomic E-state index is 11.3. The quantitative estimate of drug-likeness (QED) is 0.0413. The summed E-state index contributed by atoms with van der Waals surface area (Å²) in [7, 11) is 0. The second kappa shape index (κ2) is 35.3. The first-order chi connectivity index (χ1) is 29.0. The predicted octanol–water partition coefficient (Wildman–Crippen LogP) is -4.69. The van der Waals surface area contributed by atoms with Crippen molar-refractivity contribution in [2.45, 2.75) is 94.4 Å². The van der Waals surface area contributed by atoms with Gasteiger partial charge < -0.3 is 79.7 Å². The van der Waals surface area contributed by atoms with Crippen molar-refractivity contribution in [2.75, 3.05) is 5.43 Å². The smallest absolute Gasteiger partial charge is 0.320 e. The summed E-state index contributed by atoms with van der Waals surface area (Å²) in [5.74, 6) is -5.74. The number of nitrogens with one attached hydrogen (secondary N) is 2. The van der Waals surface area contributed by atoms with Gasteiger partial charge in [-0.3, -0.25) is 63.1 Å². The van der Waals surface area contributed by atoms with E-state index in [2.05, 4.69) is 25.4 Å². The summed E-state index contributed by atoms with van der Waals surface area (Å²) >= 11 is 0. The molecule has 0 saturated heterocycles. The first-order valence-electron chi connectivity index (χ1n) is 17.2. The summed E-state index contributed by atoms with van der Waals surface area (Å²) in [6, 6.07) is -5.30. The number of carboxylic acid groups (broad SMARTS) is 10. The molecular formula is C31H51N11O21. The van der Waals surface area contributed by atoms with Gasteiger partial charge in [0.2, 0.25) is 5.95 Å². The molecule has 5 atom stereocenters. The Morgan fingerprint density at radius 3 is 0.921 bits per heavy atom. The number of hydrazine groups is 1. The topological polar surface area (TPSA) is 613 Å². The number of nitrogen functional groups attached to an aromatic ring is 1. The molecular weight excluding hydrogens is 862 g/mol. The number of H-pyrrole nitrogens is 1. The first kappa shape index (κ1) is 62.1. The molecule has 0 fully saturated rings. The highest BCUT2D eigenvalue weighted by atomic mass is 16.4. The number of nitrogens with two attached hydrogens (primary N) is 6. The van der Waals surface area contributed by atoms with E-state index in [1.54, 1.807) is 0 Å². The van der Waals surface area contributed by atoms with Gasteiger partial charge in [-0.05, 0) is 32.1 Å². The SMILES string of the molecule is NNc1nc2nccnc2c(=O)[nH]1.N[C@@H](CCC(=O)O)C(=O)O.N[C@@H](CCC(=O)O)C(=O)O.N[C@@H](CCC(=O)O)C(=O)O.N[C@@H](CCC(=O)O)C(=O)O.N[C@@H](CCC(=O)O)C(=O)O. The van der Waals surface area contributed by atoms with Crippen LogP contribution >= 0.6 is 0 Å². The second-order valence-corrected chi connectivity index (χ2v) is 11.7. The van der Waals surface area contributed by atoms with Crippen LogP contribution in [0.3, 0.4) is 0 Å². The third-order valence-corrected chi connectivity index (χ3v) is 6.41. The Hall–Kier alpha value is -7.52. The maximum absolute atomic E-state index is 11.3. The number of aliphatic carboxylic acids is 10. The number of carboxylic acids is 10. The van der Waals surface area contributed by atoms with Crippen molar-refractivity contribution in [3.63, 3.8) is 0 Å². The average molecular weight is 914 g/mol. The molecule has 0 amide bonds. The summed E-state index contributed by atoms with van der Waals surface area (Å²) in [4.78, 5) is 125. The number of hydrogen-bond acceptors (Lipinski definition) is 21. The maximum Gasteiger partial charge on any atom is 0.320 e. The van der Waals surface area contributed by atoms with E-state index < -0.39 is 89.9 Å². The molecule has 0 aliphatic heterocycles. The van der Waals surface area contributed by atoms with Crippen LogP contribution in [0.25, 0.3) is 11.2 Å². The zero-order chi connectivity index (χ0) is 50.0. The zero-order valence-electron chi connectivity index (χ0n) is 32.9. The molecule has 0 spiro atoms. The zero-order valence-corrected chi connectivity index (χ0v) is 32.9. The molecule has 0 aromatic carbocycles. The van der Waals surface area contributed by atoms with E-state index in [-0.39, 0.29) is 86.9 Å². The molecule has 356 valence electrons. The fourth-order valence-electron chi connectivity index (χ4n) is 2.95. The minimum atomic E-state index is -1.17. The van der Waals surface area contributed by atoms with Gasteiger partial charge in [0.15, 0.2) is 11.2 Å². The van der Waals surface area contributed by atoms with Crippen LogP contribution in [0.1, 0.15) is 64.2 Å². The van der Waals surface area contributed by atoms with Gasteiger partial charge >= 0.3 is 59.7 Å². The highest BCUT2D eigenvalue weighted by Gasteiger charge is 2.15. The van der Waals surface area contributed by atoms with Crippen LogP contribution in [0.4, 0.5) is 5.95 Å². The largest absolute Gasteiger partial charge is 0.481 e. The molecule has 63 heavy (non-hydrogen) atoms. The van der Waals surface area contributed by atoms with Crippen molar-refractivity contribution in [3.05, 3.63) is 22.7 Å². The van der Waals surface area contributed by atoms with Crippen molar-refractivity contribution in [1.82, 2.24) is 19.9 Å². The Kier molecular flexibility index (Phi) is 34.8. The van der Waals surface area contributed by atoms with Crippen molar-refractivity contribution in [1.29, 1.82) is 0 Å². The van der Waals surface area contributed by atoms with Crippen molar-refractivity contribution in [3.8, 4) is 0 Å². The normalized spacial score (nSPS) is 12.0. The van der Waals surface area contributed by atoms with Crippen molar-refractivity contribution >= 4 is 76.8 Å². The number of carbonyl (C=O) groups is 10. The van der Waals surface area contributed by atoms with Gasteiger partial charge in [0.25, 0.3) is 5.56 Å². The van der Waals surface area contributed by atoms with E-state index in [9.17, 15) is 52.7 Å². The Morgan fingerprint density at radius 2 is 0.714 bits per heavy atom. The summed E-state index contributed by atoms with van der Waals surface area (Å²) in [6.45, 7) is 0. The molecule has 0 unspecified atom stereocenters. The molecule has 0 aliphatic carbocycles. The van der Waals surface area contributed by atoms with Crippen molar-refractivity contribution < 1.29 is 99.0 Å². The molecule has 0 saturated carbocycles. The number of nitrogens with zero attached hydrogens (tertiary/aromatic N) is 3. The third-order valence-electron chi connectivity index (χ3n) is 6.41. The molecule has 0 aliphatic rings. The molecule has 2 aromatic heterocycles. The highest BCUT2D eigenvalue weighted by Crippen LogP contribution is 2.00. The Morgan fingerprint density at radius 1 is 0.476 bits per heavy atom. The lowest BCUT2D eigenvalue weighted by Crippen LogP contribution is -2.30. The van der Waals surface area contributed by atoms with Gasteiger partial charge in [-0.25, -0.2) is 15.8 Å². The van der Waals surface area contributed by atoms with Gasteiger partial charge in [0.05, 0.1) is 0 Å². The number of rotatable bonds is 21. The summed E-state index contributed by atoms with van der Waals surface area (Å²) < 4.78 is 0. The second-order valence-electron chi connectivity index (χ2n) is 11.7. The monoisotopic (exact) mass is 913 g/mol. The summed E-state index contributed by atoms with van der Waals surface area (Å²) in [6.07, 6.45) is 1.76. The molecule has 0 bridgehead atoms. The van der Waals surface area contributed by atoms with Crippen LogP contribution in [0.15, 0.2) is 17.2 Å². The number of fused-ring (bicyclic) bond motifs is 1. The van der Waals surface area contributed by atoms with Crippen LogP contribution in [0, 0.1) is 0 Å². The number of aromatic nitrogens is 4. The molecule has 2 aromatic rings. The summed E-state index contributed by atoms with van der Waals surface area (Å²) in [5.41, 5.74) is 27.3. The Balaban J connectivity index is -0.000000333. The lowest BCUT2D eigenvalue weighted by Gasteiger charge is -2.01. The van der Waals surface area contributed by atoms with E-state index in [0.717, 1.165) is 0 Å². The van der Waals surface area contributed by atoms with Gasteiger partial charge in [-0.1, -0.05) is 0 Å². The minimum Gasteiger partial charge on any atom is -0.481 e. The Labute approximate surface area is 352 Å². The van der Waals surface area contributed by atoms with Crippen LogP contribution in [-0.4, -0.2) is 161 Å². The van der Waals surface area contributed by atoms with Gasteiger partial charge in [-0.15, -0.1) is 0 Å². The van der Waals surface area contributed by atoms with Crippen LogP contribution < -0.4 is 45.5 Å². The van der Waals surface area contributed by atoms with Gasteiger partial charge in [-0.2, -0.15) is 4.98 Å². The molecule has 0 radical (unpaired) electrons. The van der Waals surface area contributed by atoms with E-state index in [1.807, 2.05) is 0 Å². The molecule has 2 heterocycles. The van der Waals surface area contributed by atoms with Crippen LogP contribution in [0.5, 0.6) is 0 Å². The lowest BCUT2D eigenvalue weighted by atomic mass is 10.2. The Bertz CT molecular complexity index is 1670. The van der Waals surface area contributed by atoms with E-state index in [1.165, 1.54) is 12.4 Å². The van der Waals surface area contributed by atoms with E-state index >= 15 is 0 Å². The van der Waals surface area contributed by atoms with Crippen molar-refractivity contribution in [2.24, 2.45) is 34.5 Å². The van der Waals surface area contributed by atoms with Crippen LogP contribution in [0.2, 0.25) is 0 Å². The van der Waals surface area contributed by atoms with E-state index in [4.69, 9.17) is 85.6 Å². The third kappa shape index (κ3) is 38.4. The fraction of sp³-hybridized carbons (Fsp3) is 0.484. The van der Waals surface area contributed by atoms with E-state index in [0.29, 0.717) is 0 Å². The standard InChI is InChI=1S/C6H6N6O.5C5H9NO4/c7-12-6-10-4-3(5(13)11-6)8-1-2-9-4;5*6-3(5(9)10)1-2-4(7)8/h1-2H,7H2,(H2,9,10,11,12,13);5*3H,1-2,6H2,(H,7,8)(H,9,10)/t;5*3-/m.00000/s1. The molecule has 32 heteroatoms. The molecule has 24 N–H and O–H groups in total. The molecule has 2 rings (SSSR count). The van der Waals surface area contributed by atoms with Gasteiger partial charge in [0, 0.05) is 44.5 Å². The number of aromatic amines is 1.